The van der Waals surface area contributed by atoms with Crippen LogP contribution in [0.1, 0.15) is 32.1 Å². The van der Waals surface area contributed by atoms with E-state index in [9.17, 15) is 8.42 Å². The van der Waals surface area contributed by atoms with Crippen LogP contribution in [0.2, 0.25) is 0 Å². The Morgan fingerprint density at radius 1 is 1.00 bits per heavy atom. The van der Waals surface area contributed by atoms with Crippen molar-refractivity contribution in [3.05, 3.63) is 0 Å². The lowest BCUT2D eigenvalue weighted by Gasteiger charge is -2.18. The zero-order valence-corrected chi connectivity index (χ0v) is 10.8. The van der Waals surface area contributed by atoms with E-state index in [1.165, 1.54) is 19.3 Å². The molecular formula is C11H24N2O2S. The van der Waals surface area contributed by atoms with Gasteiger partial charge in [0, 0.05) is 6.54 Å². The quantitative estimate of drug-likeness (QED) is 0.700. The number of rotatable bonds is 6. The van der Waals surface area contributed by atoms with Gasteiger partial charge in [0.05, 0.1) is 11.5 Å². The van der Waals surface area contributed by atoms with Crippen LogP contribution in [0, 0.1) is 0 Å². The second kappa shape index (κ2) is 7.25. The summed E-state index contributed by atoms with van der Waals surface area (Å²) >= 11 is 0. The summed E-state index contributed by atoms with van der Waals surface area (Å²) in [5, 5.41) is 0. The van der Waals surface area contributed by atoms with Gasteiger partial charge in [-0.25, -0.2) is 8.42 Å². The van der Waals surface area contributed by atoms with Gasteiger partial charge in [0.25, 0.3) is 0 Å². The molecule has 0 bridgehead atoms. The lowest BCUT2D eigenvalue weighted by atomic mass is 10.2. The van der Waals surface area contributed by atoms with E-state index in [-0.39, 0.29) is 0 Å². The fourth-order valence-electron chi connectivity index (χ4n) is 2.05. The first-order valence-corrected chi connectivity index (χ1v) is 8.09. The number of nitrogens with zero attached hydrogens (tertiary/aromatic N) is 1. The van der Waals surface area contributed by atoms with Crippen molar-refractivity contribution in [2.24, 2.45) is 5.73 Å². The number of hydrogen-bond donors (Lipinski definition) is 1. The third-order valence-electron chi connectivity index (χ3n) is 3.08. The van der Waals surface area contributed by atoms with E-state index < -0.39 is 9.84 Å². The standard InChI is InChI=1S/C11H24N2O2S/c12-6-3-1-2-4-7-13-8-5-10-16(14,15)11-9-13/h1-12H2. The van der Waals surface area contributed by atoms with E-state index >= 15 is 0 Å². The van der Waals surface area contributed by atoms with Gasteiger partial charge < -0.3 is 10.6 Å². The molecule has 0 aromatic carbocycles. The number of nitrogens with two attached hydrogens (primary N) is 1. The summed E-state index contributed by atoms with van der Waals surface area (Å²) in [5.41, 5.74) is 5.43. The van der Waals surface area contributed by atoms with Crippen LogP contribution in [0.5, 0.6) is 0 Å². The van der Waals surface area contributed by atoms with Crippen molar-refractivity contribution >= 4 is 9.84 Å². The van der Waals surface area contributed by atoms with Crippen LogP contribution in [0.25, 0.3) is 0 Å². The molecule has 1 heterocycles. The largest absolute Gasteiger partial charge is 0.330 e. The van der Waals surface area contributed by atoms with Gasteiger partial charge in [0.2, 0.25) is 0 Å². The Morgan fingerprint density at radius 2 is 1.75 bits per heavy atom. The first-order valence-electron chi connectivity index (χ1n) is 6.27. The molecule has 0 radical (unpaired) electrons. The predicted octanol–water partition coefficient (Wildman–Crippen LogP) is 0.626. The first-order chi connectivity index (χ1) is 7.64. The van der Waals surface area contributed by atoms with E-state index in [0.717, 1.165) is 39.0 Å². The third-order valence-corrected chi connectivity index (χ3v) is 4.79. The Bertz CT molecular complexity index is 278. The molecule has 96 valence electrons. The van der Waals surface area contributed by atoms with Gasteiger partial charge in [-0.05, 0) is 38.9 Å². The fourth-order valence-corrected chi connectivity index (χ4v) is 3.36. The zero-order chi connectivity index (χ0) is 11.9. The average molecular weight is 248 g/mol. The van der Waals surface area contributed by atoms with Gasteiger partial charge in [-0.1, -0.05) is 12.8 Å². The molecule has 0 aliphatic carbocycles. The molecule has 0 amide bonds. The fraction of sp³-hybridized carbons (Fsp3) is 1.00. The Balaban J connectivity index is 2.13. The molecule has 0 saturated carbocycles. The van der Waals surface area contributed by atoms with E-state index in [2.05, 4.69) is 4.90 Å². The van der Waals surface area contributed by atoms with Crippen molar-refractivity contribution in [3.8, 4) is 0 Å². The maximum Gasteiger partial charge on any atom is 0.151 e. The molecule has 1 rings (SSSR count). The summed E-state index contributed by atoms with van der Waals surface area (Å²) in [6, 6.07) is 0. The van der Waals surface area contributed by atoms with Crippen molar-refractivity contribution < 1.29 is 8.42 Å². The zero-order valence-electron chi connectivity index (χ0n) is 10.0. The topological polar surface area (TPSA) is 63.4 Å². The van der Waals surface area contributed by atoms with Crippen LogP contribution in [-0.4, -0.2) is 51.0 Å². The summed E-state index contributed by atoms with van der Waals surface area (Å²) in [5.74, 6) is 0.715. The van der Waals surface area contributed by atoms with Gasteiger partial charge >= 0.3 is 0 Å². The van der Waals surface area contributed by atoms with Crippen molar-refractivity contribution in [1.82, 2.24) is 4.90 Å². The molecule has 16 heavy (non-hydrogen) atoms. The van der Waals surface area contributed by atoms with E-state index in [4.69, 9.17) is 5.73 Å². The average Bonchev–Trinajstić information content (AvgIpc) is 2.40. The first kappa shape index (κ1) is 13.9. The van der Waals surface area contributed by atoms with Crippen molar-refractivity contribution in [2.45, 2.75) is 32.1 Å². The second-order valence-electron chi connectivity index (χ2n) is 4.55. The summed E-state index contributed by atoms with van der Waals surface area (Å²) < 4.78 is 22.8. The van der Waals surface area contributed by atoms with Crippen LogP contribution in [0.3, 0.4) is 0 Å². The highest BCUT2D eigenvalue weighted by Crippen LogP contribution is 2.07. The van der Waals surface area contributed by atoms with Crippen molar-refractivity contribution in [2.75, 3.05) is 37.7 Å². The molecule has 1 saturated heterocycles. The minimum absolute atomic E-state index is 0.343. The van der Waals surface area contributed by atoms with Gasteiger partial charge in [-0.2, -0.15) is 0 Å². The van der Waals surface area contributed by atoms with Crippen molar-refractivity contribution in [1.29, 1.82) is 0 Å². The molecule has 1 aliphatic rings. The minimum atomic E-state index is -2.75. The SMILES string of the molecule is NCCCCCCN1CCCS(=O)(=O)CC1. The maximum absolute atomic E-state index is 11.4. The van der Waals surface area contributed by atoms with Crippen LogP contribution in [0.4, 0.5) is 0 Å². The van der Waals surface area contributed by atoms with E-state index in [0.29, 0.717) is 11.5 Å². The molecule has 2 N–H and O–H groups in total. The smallest absolute Gasteiger partial charge is 0.151 e. The summed E-state index contributed by atoms with van der Waals surface area (Å²) in [6.07, 6.45) is 5.47. The Kier molecular flexibility index (Phi) is 6.31. The number of sulfone groups is 1. The molecule has 0 aromatic rings. The predicted molar refractivity (Wildman–Crippen MR) is 67.2 cm³/mol. The van der Waals surface area contributed by atoms with Gasteiger partial charge in [0.15, 0.2) is 9.84 Å². The van der Waals surface area contributed by atoms with Crippen LogP contribution in [0.15, 0.2) is 0 Å². The van der Waals surface area contributed by atoms with Gasteiger partial charge in [0.1, 0.15) is 0 Å². The summed E-state index contributed by atoms with van der Waals surface area (Å²) in [6.45, 7) is 3.48. The lowest BCUT2D eigenvalue weighted by molar-refractivity contribution is 0.287. The highest BCUT2D eigenvalue weighted by Gasteiger charge is 2.18. The molecule has 0 unspecified atom stereocenters. The molecule has 4 nitrogen and oxygen atoms in total. The van der Waals surface area contributed by atoms with Crippen LogP contribution >= 0.6 is 0 Å². The number of hydrogen-bond acceptors (Lipinski definition) is 4. The van der Waals surface area contributed by atoms with Gasteiger partial charge in [-0.3, -0.25) is 0 Å². The number of unbranched alkanes of at least 4 members (excludes halogenated alkanes) is 3. The molecular weight excluding hydrogens is 224 g/mol. The molecule has 0 atom stereocenters. The molecule has 1 fully saturated rings. The Labute approximate surface area is 99.1 Å². The van der Waals surface area contributed by atoms with Gasteiger partial charge in [-0.15, -0.1) is 0 Å². The summed E-state index contributed by atoms with van der Waals surface area (Å²) in [4.78, 5) is 2.28. The molecule has 0 aromatic heterocycles. The highest BCUT2D eigenvalue weighted by molar-refractivity contribution is 7.91. The van der Waals surface area contributed by atoms with E-state index in [1.54, 1.807) is 0 Å². The van der Waals surface area contributed by atoms with E-state index in [1.807, 2.05) is 0 Å². The van der Waals surface area contributed by atoms with Crippen molar-refractivity contribution in [3.63, 3.8) is 0 Å². The minimum Gasteiger partial charge on any atom is -0.330 e. The maximum atomic E-state index is 11.4. The monoisotopic (exact) mass is 248 g/mol. The van der Waals surface area contributed by atoms with Crippen LogP contribution < -0.4 is 5.73 Å². The molecule has 0 spiro atoms. The third kappa shape index (κ3) is 5.82. The lowest BCUT2D eigenvalue weighted by Crippen LogP contribution is -2.28. The normalized spacial score (nSPS) is 21.8. The second-order valence-corrected chi connectivity index (χ2v) is 6.85. The van der Waals surface area contributed by atoms with Crippen LogP contribution in [-0.2, 0) is 9.84 Å². The Hall–Kier alpha value is -0.130. The summed E-state index contributed by atoms with van der Waals surface area (Å²) in [7, 11) is -2.75. The Morgan fingerprint density at radius 3 is 2.50 bits per heavy atom. The molecule has 1 aliphatic heterocycles. The molecule has 5 heteroatoms. The highest BCUT2D eigenvalue weighted by atomic mass is 32.2.